The molecule has 0 saturated heterocycles. The van der Waals surface area contributed by atoms with E-state index in [2.05, 4.69) is 53.6 Å². The van der Waals surface area contributed by atoms with Gasteiger partial charge >= 0.3 is 0 Å². The highest BCUT2D eigenvalue weighted by Crippen LogP contribution is 2.35. The van der Waals surface area contributed by atoms with Crippen molar-refractivity contribution in [2.45, 2.75) is 31.3 Å². The van der Waals surface area contributed by atoms with Crippen LogP contribution in [0.4, 0.5) is 0 Å². The van der Waals surface area contributed by atoms with Gasteiger partial charge in [-0.25, -0.2) is 0 Å². The van der Waals surface area contributed by atoms with Crippen LogP contribution in [0.25, 0.3) is 10.9 Å². The first-order chi connectivity index (χ1) is 9.21. The molecule has 3 heteroatoms. The Labute approximate surface area is 115 Å². The van der Waals surface area contributed by atoms with Gasteiger partial charge in [-0.15, -0.1) is 0 Å². The summed E-state index contributed by atoms with van der Waals surface area (Å²) in [5.74, 6) is 0. The molecule has 1 fully saturated rings. The van der Waals surface area contributed by atoms with Crippen molar-refractivity contribution >= 4 is 10.9 Å². The fraction of sp³-hybridized carbons (Fsp3) is 0.500. The summed E-state index contributed by atoms with van der Waals surface area (Å²) >= 11 is 0. The second-order valence-corrected chi connectivity index (χ2v) is 5.93. The third-order valence-corrected chi connectivity index (χ3v) is 4.69. The summed E-state index contributed by atoms with van der Waals surface area (Å²) in [6.45, 7) is 2.03. The Morgan fingerprint density at radius 1 is 1.26 bits per heavy atom. The van der Waals surface area contributed by atoms with Gasteiger partial charge in [0.15, 0.2) is 0 Å². The first kappa shape index (κ1) is 12.7. The van der Waals surface area contributed by atoms with Crippen LogP contribution < -0.4 is 5.32 Å². The highest BCUT2D eigenvalue weighted by atomic mass is 15.2. The van der Waals surface area contributed by atoms with Gasteiger partial charge in [-0.3, -0.25) is 0 Å². The van der Waals surface area contributed by atoms with Crippen LogP contribution in [0, 0.1) is 0 Å². The number of aromatic amines is 1. The number of aromatic nitrogens is 1. The van der Waals surface area contributed by atoms with E-state index >= 15 is 0 Å². The largest absolute Gasteiger partial charge is 0.361 e. The predicted octanol–water partition coefficient (Wildman–Crippen LogP) is 2.74. The first-order valence-corrected chi connectivity index (χ1v) is 7.14. The molecule has 0 amide bonds. The van der Waals surface area contributed by atoms with Crippen LogP contribution in [0.3, 0.4) is 0 Å². The Kier molecular flexibility index (Phi) is 3.33. The standard InChI is InChI=1S/C16H23N3/c1-19(2)16(8-4-9-16)12-17-11-13-5-3-6-15-14(13)7-10-18-15/h3,5-7,10,17-18H,4,8-9,11-12H2,1-2H3. The van der Waals surface area contributed by atoms with Crippen LogP contribution in [0.2, 0.25) is 0 Å². The van der Waals surface area contributed by atoms with Gasteiger partial charge in [0.1, 0.15) is 0 Å². The lowest BCUT2D eigenvalue weighted by atomic mass is 9.75. The van der Waals surface area contributed by atoms with Gasteiger partial charge in [-0.1, -0.05) is 12.1 Å². The van der Waals surface area contributed by atoms with Crippen LogP contribution in [0.15, 0.2) is 30.5 Å². The van der Waals surface area contributed by atoms with Crippen LogP contribution >= 0.6 is 0 Å². The predicted molar refractivity (Wildman–Crippen MR) is 80.3 cm³/mol. The number of hydrogen-bond acceptors (Lipinski definition) is 2. The van der Waals surface area contributed by atoms with Crippen molar-refractivity contribution in [2.24, 2.45) is 0 Å². The molecule has 3 nitrogen and oxygen atoms in total. The molecule has 0 bridgehead atoms. The molecule has 1 aliphatic rings. The van der Waals surface area contributed by atoms with Crippen molar-refractivity contribution in [1.82, 2.24) is 15.2 Å². The molecule has 0 unspecified atom stereocenters. The SMILES string of the molecule is CN(C)C1(CNCc2cccc3[nH]ccc23)CCC1. The minimum atomic E-state index is 0.395. The Morgan fingerprint density at radius 3 is 2.79 bits per heavy atom. The fourth-order valence-electron chi connectivity index (χ4n) is 3.10. The third kappa shape index (κ3) is 2.28. The Hall–Kier alpha value is -1.32. The van der Waals surface area contributed by atoms with E-state index in [0.717, 1.165) is 13.1 Å². The second kappa shape index (κ2) is 4.99. The molecular formula is C16H23N3. The molecular weight excluding hydrogens is 234 g/mol. The van der Waals surface area contributed by atoms with Crippen molar-refractivity contribution in [3.8, 4) is 0 Å². The van der Waals surface area contributed by atoms with Gasteiger partial charge in [0.25, 0.3) is 0 Å². The number of H-pyrrole nitrogens is 1. The monoisotopic (exact) mass is 257 g/mol. The van der Waals surface area contributed by atoms with Gasteiger partial charge in [0, 0.05) is 35.7 Å². The topological polar surface area (TPSA) is 31.1 Å². The summed E-state index contributed by atoms with van der Waals surface area (Å²) in [5, 5.41) is 4.99. The van der Waals surface area contributed by atoms with Gasteiger partial charge in [-0.05, 0) is 51.1 Å². The van der Waals surface area contributed by atoms with Crippen molar-refractivity contribution in [3.05, 3.63) is 36.0 Å². The minimum absolute atomic E-state index is 0.395. The number of rotatable bonds is 5. The molecule has 2 aromatic rings. The van der Waals surface area contributed by atoms with E-state index in [0.29, 0.717) is 5.54 Å². The van der Waals surface area contributed by atoms with Crippen LogP contribution in [0.1, 0.15) is 24.8 Å². The molecule has 1 aromatic heterocycles. The minimum Gasteiger partial charge on any atom is -0.361 e. The van der Waals surface area contributed by atoms with Crippen molar-refractivity contribution in [1.29, 1.82) is 0 Å². The maximum Gasteiger partial charge on any atom is 0.0457 e. The molecule has 1 aliphatic carbocycles. The van der Waals surface area contributed by atoms with Crippen LogP contribution in [0.5, 0.6) is 0 Å². The van der Waals surface area contributed by atoms with Gasteiger partial charge in [0.05, 0.1) is 0 Å². The van der Waals surface area contributed by atoms with E-state index in [1.54, 1.807) is 0 Å². The quantitative estimate of drug-likeness (QED) is 0.863. The van der Waals surface area contributed by atoms with E-state index in [-0.39, 0.29) is 0 Å². The van der Waals surface area contributed by atoms with Crippen molar-refractivity contribution in [2.75, 3.05) is 20.6 Å². The zero-order chi connectivity index (χ0) is 13.3. The van der Waals surface area contributed by atoms with Gasteiger partial charge in [0.2, 0.25) is 0 Å². The van der Waals surface area contributed by atoms with Crippen LogP contribution in [-0.2, 0) is 6.54 Å². The van der Waals surface area contributed by atoms with Crippen LogP contribution in [-0.4, -0.2) is 36.1 Å². The summed E-state index contributed by atoms with van der Waals surface area (Å²) in [6, 6.07) is 8.64. The molecule has 0 radical (unpaired) electrons. The highest BCUT2D eigenvalue weighted by Gasteiger charge is 2.38. The summed E-state index contributed by atoms with van der Waals surface area (Å²) in [5.41, 5.74) is 3.00. The lowest BCUT2D eigenvalue weighted by Gasteiger charge is -2.47. The van der Waals surface area contributed by atoms with E-state index < -0.39 is 0 Å². The molecule has 1 saturated carbocycles. The molecule has 0 atom stereocenters. The maximum absolute atomic E-state index is 3.65. The summed E-state index contributed by atoms with van der Waals surface area (Å²) in [6.07, 6.45) is 6.03. The van der Waals surface area contributed by atoms with E-state index in [9.17, 15) is 0 Å². The Bertz CT molecular complexity index is 552. The highest BCUT2D eigenvalue weighted by molar-refractivity contribution is 5.82. The molecule has 0 spiro atoms. The molecule has 2 N–H and O–H groups in total. The average molecular weight is 257 g/mol. The van der Waals surface area contributed by atoms with E-state index in [1.807, 2.05) is 6.20 Å². The van der Waals surface area contributed by atoms with Crippen molar-refractivity contribution < 1.29 is 0 Å². The number of nitrogens with one attached hydrogen (secondary N) is 2. The van der Waals surface area contributed by atoms with Gasteiger partial charge in [-0.2, -0.15) is 0 Å². The lowest BCUT2D eigenvalue weighted by Crippen LogP contribution is -2.56. The lowest BCUT2D eigenvalue weighted by molar-refractivity contribution is 0.0598. The zero-order valence-electron chi connectivity index (χ0n) is 11.9. The number of fused-ring (bicyclic) bond motifs is 1. The molecule has 1 heterocycles. The fourth-order valence-corrected chi connectivity index (χ4v) is 3.10. The Morgan fingerprint density at radius 2 is 2.11 bits per heavy atom. The normalized spacial score (nSPS) is 17.8. The molecule has 0 aliphatic heterocycles. The Balaban J connectivity index is 1.65. The number of benzene rings is 1. The molecule has 102 valence electrons. The zero-order valence-corrected chi connectivity index (χ0v) is 11.9. The van der Waals surface area contributed by atoms with Crippen molar-refractivity contribution in [3.63, 3.8) is 0 Å². The molecule has 3 rings (SSSR count). The summed E-state index contributed by atoms with van der Waals surface area (Å²) in [4.78, 5) is 5.66. The summed E-state index contributed by atoms with van der Waals surface area (Å²) in [7, 11) is 4.40. The number of likely N-dealkylation sites (N-methyl/N-ethyl adjacent to an activating group) is 1. The third-order valence-electron chi connectivity index (χ3n) is 4.69. The molecule has 1 aromatic carbocycles. The maximum atomic E-state index is 3.65. The smallest absolute Gasteiger partial charge is 0.0457 e. The summed E-state index contributed by atoms with van der Waals surface area (Å²) < 4.78 is 0. The van der Waals surface area contributed by atoms with E-state index in [4.69, 9.17) is 0 Å². The number of hydrogen-bond donors (Lipinski definition) is 2. The molecule has 19 heavy (non-hydrogen) atoms. The first-order valence-electron chi connectivity index (χ1n) is 7.14. The van der Waals surface area contributed by atoms with E-state index in [1.165, 1.54) is 35.7 Å². The van der Waals surface area contributed by atoms with Gasteiger partial charge < -0.3 is 15.2 Å². The average Bonchev–Trinajstić information content (AvgIpc) is 2.80. The number of nitrogens with zero attached hydrogens (tertiary/aromatic N) is 1. The second-order valence-electron chi connectivity index (χ2n) is 5.93.